The minimum Gasteiger partial charge on any atom is -0.422 e. The molecule has 42 heavy (non-hydrogen) atoms. The van der Waals surface area contributed by atoms with Crippen LogP contribution in [0, 0.1) is 24.7 Å². The Morgan fingerprint density at radius 2 is 0.762 bits per heavy atom. The van der Waals surface area contributed by atoms with E-state index in [4.69, 9.17) is 0 Å². The molecular weight excluding hydrogens is 629 g/mol. The molecule has 0 saturated carbocycles. The molecule has 0 N–H and O–H groups in total. The number of benzene rings is 2. The van der Waals surface area contributed by atoms with Gasteiger partial charge in [0.1, 0.15) is 0 Å². The van der Waals surface area contributed by atoms with Gasteiger partial charge >= 0.3 is 23.9 Å². The monoisotopic (exact) mass is 655 g/mol. The van der Waals surface area contributed by atoms with Crippen LogP contribution in [0.15, 0.2) is 48.5 Å². The van der Waals surface area contributed by atoms with E-state index in [1.807, 2.05) is 0 Å². The van der Waals surface area contributed by atoms with Gasteiger partial charge in [0, 0.05) is 32.7 Å². The SMILES string of the molecule is CC1[CH-]C(=O)OC1=O.CC1[CH-]C(=O)OC1=O.CCC.O=C1OC(=O)c2ccccc21.O=C1OC(=O)c2ccccc21.[Y]. The summed E-state index contributed by atoms with van der Waals surface area (Å²) >= 11 is 0. The molecule has 4 aliphatic rings. The Morgan fingerprint density at radius 1 is 0.524 bits per heavy atom. The molecule has 0 aliphatic carbocycles. The average Bonchev–Trinajstić information content (AvgIpc) is 3.60. The maximum Gasteiger partial charge on any atom is 0.346 e. The molecule has 0 bridgehead atoms. The molecule has 2 atom stereocenters. The summed E-state index contributed by atoms with van der Waals surface area (Å²) < 4.78 is 17.0. The summed E-state index contributed by atoms with van der Waals surface area (Å²) in [5.74, 6) is -4.84. The minimum atomic E-state index is -0.550. The molecular formula is C29H26O12Y-2. The molecule has 2 aromatic carbocycles. The van der Waals surface area contributed by atoms with Crippen molar-refractivity contribution >= 4 is 47.8 Å². The standard InChI is InChI=1S/2C8H4O3.2C5H5O3.C3H8.Y/c2*9-7-5-3-1-2-4-6(5)8(10)11-7;2*1-3-2-4(6)8-5(3)7;1-3-2;/h2*1-4H;2*2-3H,1H3;3H2,1-2H3;/q;;2*-1;;. The molecule has 0 aromatic heterocycles. The Kier molecular flexibility index (Phi) is 14.5. The zero-order valence-corrected chi connectivity index (χ0v) is 25.9. The van der Waals surface area contributed by atoms with E-state index in [9.17, 15) is 38.4 Å². The van der Waals surface area contributed by atoms with Crippen molar-refractivity contribution in [1.29, 1.82) is 0 Å². The fourth-order valence-corrected chi connectivity index (χ4v) is 3.06. The first kappa shape index (κ1) is 35.9. The zero-order valence-electron chi connectivity index (χ0n) is 23.1. The molecule has 2 fully saturated rings. The molecule has 6 rings (SSSR count). The maximum atomic E-state index is 10.8. The fraction of sp³-hybridized carbons (Fsp3) is 0.241. The van der Waals surface area contributed by atoms with Crippen LogP contribution in [0.5, 0.6) is 0 Å². The van der Waals surface area contributed by atoms with Crippen molar-refractivity contribution in [2.24, 2.45) is 11.8 Å². The molecule has 1 radical (unpaired) electrons. The van der Waals surface area contributed by atoms with Crippen molar-refractivity contribution in [2.45, 2.75) is 34.1 Å². The molecule has 2 saturated heterocycles. The third-order valence-corrected chi connectivity index (χ3v) is 5.02. The van der Waals surface area contributed by atoms with Crippen molar-refractivity contribution in [1.82, 2.24) is 0 Å². The van der Waals surface area contributed by atoms with Crippen LogP contribution < -0.4 is 0 Å². The summed E-state index contributed by atoms with van der Waals surface area (Å²) in [5.41, 5.74) is 1.44. The summed E-state index contributed by atoms with van der Waals surface area (Å²) in [6.07, 6.45) is 3.75. The second-order valence-corrected chi connectivity index (χ2v) is 8.54. The smallest absolute Gasteiger partial charge is 0.346 e. The van der Waals surface area contributed by atoms with Gasteiger partial charge in [-0.3, -0.25) is 32.0 Å². The number of carbonyl (C=O) groups excluding carboxylic acids is 8. The first-order valence-corrected chi connectivity index (χ1v) is 12.3. The van der Waals surface area contributed by atoms with Crippen LogP contribution in [0.2, 0.25) is 0 Å². The van der Waals surface area contributed by atoms with Crippen LogP contribution in [0.4, 0.5) is 0 Å². The summed E-state index contributed by atoms with van der Waals surface area (Å²) in [4.78, 5) is 84.3. The van der Waals surface area contributed by atoms with E-state index in [2.05, 4.69) is 32.8 Å². The van der Waals surface area contributed by atoms with E-state index in [0.717, 1.165) is 0 Å². The molecule has 2 aromatic rings. The van der Waals surface area contributed by atoms with E-state index < -0.39 is 47.8 Å². The van der Waals surface area contributed by atoms with Crippen molar-refractivity contribution in [3.05, 3.63) is 83.6 Å². The third-order valence-electron chi connectivity index (χ3n) is 5.02. The van der Waals surface area contributed by atoms with Crippen molar-refractivity contribution in [2.75, 3.05) is 0 Å². The van der Waals surface area contributed by atoms with Crippen molar-refractivity contribution in [3.63, 3.8) is 0 Å². The van der Waals surface area contributed by atoms with Gasteiger partial charge < -0.3 is 18.9 Å². The van der Waals surface area contributed by atoms with Crippen molar-refractivity contribution in [3.8, 4) is 0 Å². The number of rotatable bonds is 0. The van der Waals surface area contributed by atoms with Crippen LogP contribution in [-0.4, -0.2) is 47.8 Å². The van der Waals surface area contributed by atoms with Gasteiger partial charge in [0.05, 0.1) is 22.3 Å². The number of cyclic esters (lactones) is 8. The van der Waals surface area contributed by atoms with E-state index in [1.54, 1.807) is 62.4 Å². The fourth-order valence-electron chi connectivity index (χ4n) is 3.06. The molecule has 12 nitrogen and oxygen atoms in total. The van der Waals surface area contributed by atoms with Crippen LogP contribution in [-0.2, 0) is 70.8 Å². The first-order chi connectivity index (χ1) is 19.4. The van der Waals surface area contributed by atoms with E-state index in [1.165, 1.54) is 19.3 Å². The number of esters is 8. The number of fused-ring (bicyclic) bond motifs is 2. The van der Waals surface area contributed by atoms with Gasteiger partial charge in [-0.05, 0) is 36.1 Å². The summed E-state index contributed by atoms with van der Waals surface area (Å²) in [6.45, 7) is 7.49. The van der Waals surface area contributed by atoms with Gasteiger partial charge in [0.2, 0.25) is 0 Å². The Bertz CT molecular complexity index is 1210. The van der Waals surface area contributed by atoms with Gasteiger partial charge in [-0.25, -0.2) is 19.2 Å². The second kappa shape index (κ2) is 17.0. The molecule has 219 valence electrons. The van der Waals surface area contributed by atoms with E-state index in [-0.39, 0.29) is 44.5 Å². The van der Waals surface area contributed by atoms with Crippen LogP contribution in [0.3, 0.4) is 0 Å². The first-order valence-electron chi connectivity index (χ1n) is 12.3. The van der Waals surface area contributed by atoms with E-state index in [0.29, 0.717) is 22.3 Å². The topological polar surface area (TPSA) is 173 Å². The Balaban J connectivity index is 0.000000272. The zero-order chi connectivity index (χ0) is 30.7. The number of carbonyl (C=O) groups is 8. The van der Waals surface area contributed by atoms with Crippen LogP contribution in [0.25, 0.3) is 0 Å². The average molecular weight is 655 g/mol. The van der Waals surface area contributed by atoms with Crippen molar-refractivity contribution < 1.29 is 90.0 Å². The predicted octanol–water partition coefficient (Wildman–Crippen LogP) is 3.23. The van der Waals surface area contributed by atoms with Gasteiger partial charge in [0.25, 0.3) is 11.9 Å². The quantitative estimate of drug-likeness (QED) is 0.176. The summed E-state index contributed by atoms with van der Waals surface area (Å²) in [5, 5.41) is 0. The molecule has 0 amide bonds. The van der Waals surface area contributed by atoms with Gasteiger partial charge in [0.15, 0.2) is 11.9 Å². The summed E-state index contributed by atoms with van der Waals surface area (Å²) in [7, 11) is 0. The maximum absolute atomic E-state index is 10.8. The molecule has 4 heterocycles. The molecule has 2 unspecified atom stereocenters. The second-order valence-electron chi connectivity index (χ2n) is 8.54. The van der Waals surface area contributed by atoms with Crippen LogP contribution in [0.1, 0.15) is 75.5 Å². The number of hydrogen-bond acceptors (Lipinski definition) is 12. The third kappa shape index (κ3) is 10.0. The summed E-state index contributed by atoms with van der Waals surface area (Å²) in [6, 6.07) is 13.1. The van der Waals surface area contributed by atoms with E-state index >= 15 is 0 Å². The molecule has 4 aliphatic heterocycles. The van der Waals surface area contributed by atoms with Gasteiger partial charge in [-0.1, -0.05) is 58.4 Å². The Morgan fingerprint density at radius 3 is 0.905 bits per heavy atom. The van der Waals surface area contributed by atoms with Gasteiger partial charge in [-0.2, -0.15) is 0 Å². The molecule has 13 heteroatoms. The Labute approximate surface area is 266 Å². The normalized spacial score (nSPS) is 18.5. The molecule has 0 spiro atoms. The predicted molar refractivity (Wildman–Crippen MR) is 137 cm³/mol. The van der Waals surface area contributed by atoms with Gasteiger partial charge in [-0.15, -0.1) is 0 Å². The largest absolute Gasteiger partial charge is 0.422 e. The van der Waals surface area contributed by atoms with Crippen LogP contribution >= 0.6 is 0 Å². The Hall–Kier alpha value is -4.16. The number of hydrogen-bond donors (Lipinski definition) is 0. The number of ether oxygens (including phenoxy) is 4. The minimum absolute atomic E-state index is 0.